The number of rotatable bonds is 3. The third-order valence-corrected chi connectivity index (χ3v) is 3.72. The van der Waals surface area contributed by atoms with Gasteiger partial charge in [0.15, 0.2) is 5.82 Å². The zero-order valence-electron chi connectivity index (χ0n) is 10.0. The van der Waals surface area contributed by atoms with Crippen molar-refractivity contribution in [2.45, 2.75) is 4.83 Å². The van der Waals surface area contributed by atoms with E-state index in [2.05, 4.69) is 26.1 Å². The maximum absolute atomic E-state index is 5.30. The van der Waals surface area contributed by atoms with Gasteiger partial charge in [0, 0.05) is 5.56 Å². The predicted molar refractivity (Wildman–Crippen MR) is 76.9 cm³/mol. The van der Waals surface area contributed by atoms with Crippen LogP contribution in [0.25, 0.3) is 11.5 Å². The van der Waals surface area contributed by atoms with Crippen LogP contribution in [-0.4, -0.2) is 10.1 Å². The highest BCUT2D eigenvalue weighted by Gasteiger charge is 2.17. The summed E-state index contributed by atoms with van der Waals surface area (Å²) in [5, 5.41) is 4.04. The van der Waals surface area contributed by atoms with Crippen LogP contribution < -0.4 is 0 Å². The molecule has 1 heterocycles. The summed E-state index contributed by atoms with van der Waals surface area (Å²) in [6.07, 6.45) is 0. The lowest BCUT2D eigenvalue weighted by atomic mass is 10.1. The number of hydrogen-bond acceptors (Lipinski definition) is 3. The summed E-state index contributed by atoms with van der Waals surface area (Å²) in [6, 6.07) is 19.8. The monoisotopic (exact) mass is 314 g/mol. The standard InChI is InChI=1S/C15H11BrN2O/c16-13(11-7-3-1-4-8-11)14-17-15(19-18-14)12-9-5-2-6-10-12/h1-10,13H. The van der Waals surface area contributed by atoms with Gasteiger partial charge in [0.25, 0.3) is 5.89 Å². The van der Waals surface area contributed by atoms with E-state index in [1.54, 1.807) is 0 Å². The van der Waals surface area contributed by atoms with Crippen molar-refractivity contribution in [3.05, 3.63) is 72.1 Å². The molecule has 0 fully saturated rings. The molecule has 0 aliphatic carbocycles. The van der Waals surface area contributed by atoms with E-state index in [-0.39, 0.29) is 4.83 Å². The summed E-state index contributed by atoms with van der Waals surface area (Å²) in [5.41, 5.74) is 2.02. The van der Waals surface area contributed by atoms with Crippen LogP contribution in [0.15, 0.2) is 65.2 Å². The SMILES string of the molecule is BrC(c1ccccc1)c1noc(-c2ccccc2)n1. The lowest BCUT2D eigenvalue weighted by Gasteiger charge is -2.03. The van der Waals surface area contributed by atoms with E-state index in [0.717, 1.165) is 11.1 Å². The average molecular weight is 315 g/mol. The highest BCUT2D eigenvalue weighted by atomic mass is 79.9. The van der Waals surface area contributed by atoms with E-state index in [4.69, 9.17) is 4.52 Å². The number of alkyl halides is 1. The Hall–Kier alpha value is -1.94. The summed E-state index contributed by atoms with van der Waals surface area (Å²) in [4.78, 5) is 4.37. The molecular formula is C15H11BrN2O. The summed E-state index contributed by atoms with van der Waals surface area (Å²) in [7, 11) is 0. The van der Waals surface area contributed by atoms with Gasteiger partial charge < -0.3 is 4.52 Å². The fraction of sp³-hybridized carbons (Fsp3) is 0.0667. The Labute approximate surface area is 119 Å². The fourth-order valence-electron chi connectivity index (χ4n) is 1.81. The van der Waals surface area contributed by atoms with Crippen molar-refractivity contribution in [1.29, 1.82) is 0 Å². The van der Waals surface area contributed by atoms with Crippen LogP contribution in [0.1, 0.15) is 16.2 Å². The Balaban J connectivity index is 1.90. The number of benzene rings is 2. The summed E-state index contributed by atoms with van der Waals surface area (Å²) < 4.78 is 5.30. The first-order valence-electron chi connectivity index (χ1n) is 5.92. The molecule has 94 valence electrons. The third kappa shape index (κ3) is 2.58. The molecule has 1 atom stereocenters. The average Bonchev–Trinajstić information content (AvgIpc) is 2.98. The van der Waals surface area contributed by atoms with Gasteiger partial charge in [-0.05, 0) is 17.7 Å². The molecule has 0 saturated heterocycles. The Morgan fingerprint density at radius 1 is 0.895 bits per heavy atom. The summed E-state index contributed by atoms with van der Waals surface area (Å²) >= 11 is 3.59. The van der Waals surface area contributed by atoms with E-state index in [9.17, 15) is 0 Å². The van der Waals surface area contributed by atoms with Crippen LogP contribution in [0.5, 0.6) is 0 Å². The second-order valence-corrected chi connectivity index (χ2v) is 5.01. The van der Waals surface area contributed by atoms with Gasteiger partial charge >= 0.3 is 0 Å². The molecule has 3 nitrogen and oxygen atoms in total. The largest absolute Gasteiger partial charge is 0.334 e. The zero-order valence-corrected chi connectivity index (χ0v) is 11.6. The number of nitrogens with zero attached hydrogens (tertiary/aromatic N) is 2. The van der Waals surface area contributed by atoms with Crippen LogP contribution in [0.4, 0.5) is 0 Å². The molecule has 4 heteroatoms. The third-order valence-electron chi connectivity index (χ3n) is 2.78. The molecule has 0 saturated carbocycles. The maximum Gasteiger partial charge on any atom is 0.257 e. The van der Waals surface area contributed by atoms with Gasteiger partial charge in [0.2, 0.25) is 0 Å². The molecule has 0 radical (unpaired) electrons. The molecule has 3 rings (SSSR count). The fourth-order valence-corrected chi connectivity index (χ4v) is 2.30. The lowest BCUT2D eigenvalue weighted by molar-refractivity contribution is 0.424. The highest BCUT2D eigenvalue weighted by Crippen LogP contribution is 2.29. The minimum Gasteiger partial charge on any atom is -0.334 e. The van der Waals surface area contributed by atoms with Crippen molar-refractivity contribution in [3.8, 4) is 11.5 Å². The smallest absolute Gasteiger partial charge is 0.257 e. The topological polar surface area (TPSA) is 38.9 Å². The van der Waals surface area contributed by atoms with Crippen molar-refractivity contribution in [3.63, 3.8) is 0 Å². The highest BCUT2D eigenvalue weighted by molar-refractivity contribution is 9.09. The van der Waals surface area contributed by atoms with E-state index >= 15 is 0 Å². The molecule has 3 aromatic rings. The van der Waals surface area contributed by atoms with Gasteiger partial charge in [-0.1, -0.05) is 69.6 Å². The van der Waals surface area contributed by atoms with Gasteiger partial charge in [-0.25, -0.2) is 0 Å². The van der Waals surface area contributed by atoms with Crippen LogP contribution >= 0.6 is 15.9 Å². The van der Waals surface area contributed by atoms with Crippen molar-refractivity contribution in [2.24, 2.45) is 0 Å². The first-order chi connectivity index (χ1) is 9.34. The van der Waals surface area contributed by atoms with Gasteiger partial charge in [-0.3, -0.25) is 0 Å². The zero-order chi connectivity index (χ0) is 13.1. The van der Waals surface area contributed by atoms with E-state index in [1.165, 1.54) is 0 Å². The maximum atomic E-state index is 5.30. The van der Waals surface area contributed by atoms with Crippen molar-refractivity contribution in [1.82, 2.24) is 10.1 Å². The summed E-state index contributed by atoms with van der Waals surface area (Å²) in [5.74, 6) is 1.17. The van der Waals surface area contributed by atoms with Gasteiger partial charge in [0.05, 0.1) is 0 Å². The predicted octanol–water partition coefficient (Wildman–Crippen LogP) is 4.22. The molecule has 1 unspecified atom stereocenters. The number of aromatic nitrogens is 2. The van der Waals surface area contributed by atoms with Crippen LogP contribution in [-0.2, 0) is 0 Å². The Morgan fingerprint density at radius 2 is 1.53 bits per heavy atom. The van der Waals surface area contributed by atoms with E-state index < -0.39 is 0 Å². The first kappa shape index (κ1) is 12.1. The van der Waals surface area contributed by atoms with E-state index in [1.807, 2.05) is 60.7 Å². The second-order valence-electron chi connectivity index (χ2n) is 4.10. The minimum atomic E-state index is -0.0603. The molecule has 0 spiro atoms. The quantitative estimate of drug-likeness (QED) is 0.679. The second kappa shape index (κ2) is 5.36. The van der Waals surface area contributed by atoms with E-state index in [0.29, 0.717) is 11.7 Å². The van der Waals surface area contributed by atoms with Crippen molar-refractivity contribution in [2.75, 3.05) is 0 Å². The Morgan fingerprint density at radius 3 is 2.21 bits per heavy atom. The van der Waals surface area contributed by atoms with Gasteiger partial charge in [0.1, 0.15) is 4.83 Å². The number of hydrogen-bond donors (Lipinski definition) is 0. The Bertz CT molecular complexity index is 652. The molecule has 0 aliphatic rings. The molecule has 2 aromatic carbocycles. The number of halogens is 1. The van der Waals surface area contributed by atoms with Gasteiger partial charge in [-0.2, -0.15) is 4.98 Å². The molecule has 0 bridgehead atoms. The molecule has 19 heavy (non-hydrogen) atoms. The van der Waals surface area contributed by atoms with Crippen LogP contribution in [0, 0.1) is 0 Å². The van der Waals surface area contributed by atoms with Gasteiger partial charge in [-0.15, -0.1) is 0 Å². The molecular weight excluding hydrogens is 304 g/mol. The van der Waals surface area contributed by atoms with Crippen molar-refractivity contribution < 1.29 is 4.52 Å². The molecule has 1 aromatic heterocycles. The first-order valence-corrected chi connectivity index (χ1v) is 6.84. The van der Waals surface area contributed by atoms with Crippen LogP contribution in [0.2, 0.25) is 0 Å². The molecule has 0 amide bonds. The van der Waals surface area contributed by atoms with Crippen LogP contribution in [0.3, 0.4) is 0 Å². The molecule has 0 aliphatic heterocycles. The van der Waals surface area contributed by atoms with Crippen molar-refractivity contribution >= 4 is 15.9 Å². The normalized spacial score (nSPS) is 12.3. The minimum absolute atomic E-state index is 0.0603. The summed E-state index contributed by atoms with van der Waals surface area (Å²) in [6.45, 7) is 0. The molecule has 0 N–H and O–H groups in total. The lowest BCUT2D eigenvalue weighted by Crippen LogP contribution is -1.94. The Kier molecular flexibility index (Phi) is 3.42.